The molecule has 4 nitrogen and oxygen atoms in total. The average molecular weight is 358 g/mol. The Hall–Kier alpha value is -1.75. The van der Waals surface area contributed by atoms with Crippen molar-refractivity contribution in [3.8, 4) is 5.69 Å². The minimum atomic E-state index is 0.243. The molecule has 3 rings (SSSR count). The number of nitrogens with zero attached hydrogens (tertiary/aromatic N) is 3. The molecule has 0 spiro atoms. The molecule has 1 amide bonds. The summed E-state index contributed by atoms with van der Waals surface area (Å²) in [5.74, 6) is 0.699. The van der Waals surface area contributed by atoms with Gasteiger partial charge in [-0.2, -0.15) is 0 Å². The van der Waals surface area contributed by atoms with E-state index in [4.69, 9.17) is 0 Å². The van der Waals surface area contributed by atoms with E-state index < -0.39 is 0 Å². The monoisotopic (exact) mass is 357 g/mol. The van der Waals surface area contributed by atoms with Gasteiger partial charge in [0.25, 0.3) is 0 Å². The average Bonchev–Trinajstić information content (AvgIpc) is 3.10. The molecule has 1 saturated heterocycles. The lowest BCUT2D eigenvalue weighted by atomic mass is 10.0. The molecule has 5 heteroatoms. The molecule has 0 radical (unpaired) electrons. The quantitative estimate of drug-likeness (QED) is 0.746. The highest BCUT2D eigenvalue weighted by Crippen LogP contribution is 2.26. The topological polar surface area (TPSA) is 38.1 Å². The van der Waals surface area contributed by atoms with E-state index in [9.17, 15) is 4.79 Å². The first kappa shape index (κ1) is 18.1. The van der Waals surface area contributed by atoms with Crippen LogP contribution in [0, 0.1) is 13.8 Å². The minimum Gasteiger partial charge on any atom is -0.339 e. The van der Waals surface area contributed by atoms with Crippen LogP contribution < -0.4 is 0 Å². The van der Waals surface area contributed by atoms with Crippen LogP contribution in [-0.2, 0) is 4.79 Å². The van der Waals surface area contributed by atoms with Crippen LogP contribution in [0.2, 0.25) is 0 Å². The smallest absolute Gasteiger partial charge is 0.233 e. The molecule has 1 aliphatic heterocycles. The number of carbonyl (C=O) groups is 1. The summed E-state index contributed by atoms with van der Waals surface area (Å²) < 4.78 is 2.09. The summed E-state index contributed by atoms with van der Waals surface area (Å²) in [5, 5.41) is 0.882. The van der Waals surface area contributed by atoms with Crippen LogP contribution in [0.5, 0.6) is 0 Å². The Bertz CT molecular complexity index is 740. The molecule has 0 aliphatic carbocycles. The lowest BCUT2D eigenvalue weighted by Crippen LogP contribution is -2.44. The van der Waals surface area contributed by atoms with E-state index in [0.29, 0.717) is 11.8 Å². The third kappa shape index (κ3) is 3.92. The van der Waals surface area contributed by atoms with Crippen molar-refractivity contribution in [2.75, 3.05) is 12.3 Å². The molecule has 1 aliphatic rings. The van der Waals surface area contributed by atoms with E-state index in [2.05, 4.69) is 53.4 Å². The Kier molecular flexibility index (Phi) is 5.84. The largest absolute Gasteiger partial charge is 0.339 e. The van der Waals surface area contributed by atoms with Gasteiger partial charge in [-0.25, -0.2) is 4.98 Å². The fourth-order valence-corrected chi connectivity index (χ4v) is 4.39. The molecule has 0 bridgehead atoms. The summed E-state index contributed by atoms with van der Waals surface area (Å²) in [6.45, 7) is 7.33. The zero-order valence-corrected chi connectivity index (χ0v) is 16.2. The molecule has 0 saturated carbocycles. The van der Waals surface area contributed by atoms with E-state index in [1.165, 1.54) is 29.3 Å². The molecule has 1 fully saturated rings. The molecule has 1 unspecified atom stereocenters. The van der Waals surface area contributed by atoms with Crippen LogP contribution in [0.4, 0.5) is 0 Å². The van der Waals surface area contributed by atoms with Gasteiger partial charge in [0.2, 0.25) is 5.91 Å². The molecule has 1 aromatic heterocycles. The molecular formula is C20H27N3OS. The Balaban J connectivity index is 1.71. The Morgan fingerprint density at radius 3 is 2.96 bits per heavy atom. The molecular weight excluding hydrogens is 330 g/mol. The summed E-state index contributed by atoms with van der Waals surface area (Å²) in [7, 11) is 0. The lowest BCUT2D eigenvalue weighted by molar-refractivity contribution is -0.132. The number of thioether (sulfide) groups is 1. The van der Waals surface area contributed by atoms with Gasteiger partial charge in [-0.3, -0.25) is 9.36 Å². The number of aryl methyl sites for hydroxylation is 1. The van der Waals surface area contributed by atoms with Crippen LogP contribution >= 0.6 is 11.8 Å². The zero-order valence-electron chi connectivity index (χ0n) is 15.4. The van der Waals surface area contributed by atoms with E-state index in [1.807, 2.05) is 12.4 Å². The fourth-order valence-electron chi connectivity index (χ4n) is 3.54. The molecule has 1 aromatic carbocycles. The maximum atomic E-state index is 12.7. The maximum Gasteiger partial charge on any atom is 0.233 e. The first-order valence-electron chi connectivity index (χ1n) is 9.14. The summed E-state index contributed by atoms with van der Waals surface area (Å²) in [4.78, 5) is 19.3. The van der Waals surface area contributed by atoms with Crippen LogP contribution in [0.3, 0.4) is 0 Å². The first-order chi connectivity index (χ1) is 12.1. The molecule has 0 N–H and O–H groups in total. The van der Waals surface area contributed by atoms with E-state index in [-0.39, 0.29) is 5.91 Å². The third-order valence-corrected chi connectivity index (χ3v) is 6.14. The van der Waals surface area contributed by atoms with Gasteiger partial charge in [-0.15, -0.1) is 0 Å². The van der Waals surface area contributed by atoms with Crippen molar-refractivity contribution < 1.29 is 4.79 Å². The Morgan fingerprint density at radius 2 is 2.16 bits per heavy atom. The molecule has 1 atom stereocenters. The van der Waals surface area contributed by atoms with Crippen LogP contribution in [-0.4, -0.2) is 38.7 Å². The number of hydrogen-bond donors (Lipinski definition) is 0. The zero-order chi connectivity index (χ0) is 17.8. The third-order valence-electron chi connectivity index (χ3n) is 5.19. The number of rotatable bonds is 5. The second-order valence-electron chi connectivity index (χ2n) is 6.73. The van der Waals surface area contributed by atoms with E-state index in [0.717, 1.165) is 36.7 Å². The normalized spacial score (nSPS) is 17.7. The number of imidazole rings is 1. The van der Waals surface area contributed by atoms with E-state index >= 15 is 0 Å². The summed E-state index contributed by atoms with van der Waals surface area (Å²) >= 11 is 1.54. The Labute approximate surface area is 154 Å². The van der Waals surface area contributed by atoms with Crippen molar-refractivity contribution in [1.82, 2.24) is 14.5 Å². The highest BCUT2D eigenvalue weighted by atomic mass is 32.2. The van der Waals surface area contributed by atoms with Crippen molar-refractivity contribution >= 4 is 17.7 Å². The number of carbonyl (C=O) groups excluding carboxylic acids is 1. The second kappa shape index (κ2) is 8.09. The Morgan fingerprint density at radius 1 is 1.32 bits per heavy atom. The van der Waals surface area contributed by atoms with Crippen molar-refractivity contribution in [1.29, 1.82) is 0 Å². The lowest BCUT2D eigenvalue weighted by Gasteiger charge is -2.35. The highest BCUT2D eigenvalue weighted by molar-refractivity contribution is 7.99. The maximum absolute atomic E-state index is 12.7. The predicted octanol–water partition coefficient (Wildman–Crippen LogP) is 4.37. The van der Waals surface area contributed by atoms with Gasteiger partial charge in [0.15, 0.2) is 5.16 Å². The number of hydrogen-bond acceptors (Lipinski definition) is 3. The van der Waals surface area contributed by atoms with E-state index in [1.54, 1.807) is 0 Å². The van der Waals surface area contributed by atoms with Gasteiger partial charge in [-0.1, -0.05) is 30.8 Å². The van der Waals surface area contributed by atoms with Crippen LogP contribution in [0.15, 0.2) is 35.7 Å². The summed E-state index contributed by atoms with van der Waals surface area (Å²) in [6, 6.07) is 6.71. The number of aromatic nitrogens is 2. The number of piperidine rings is 1. The van der Waals surface area contributed by atoms with Gasteiger partial charge in [-0.05, 0) is 56.7 Å². The summed E-state index contributed by atoms with van der Waals surface area (Å²) in [6.07, 6.45) is 8.35. The number of likely N-dealkylation sites (tertiary alicyclic amines) is 1. The van der Waals surface area contributed by atoms with Crippen molar-refractivity contribution in [3.63, 3.8) is 0 Å². The summed E-state index contributed by atoms with van der Waals surface area (Å²) in [5.41, 5.74) is 3.64. The standard InChI is InChI=1S/C20H27N3OS/c1-4-17-9-5-6-12-22(17)19(24)14-25-20-21-11-13-23(20)18-10-7-8-15(2)16(18)3/h7-8,10-11,13,17H,4-6,9,12,14H2,1-3H3. The van der Waals surface area contributed by atoms with Crippen molar-refractivity contribution in [2.24, 2.45) is 0 Å². The van der Waals surface area contributed by atoms with Gasteiger partial charge in [0, 0.05) is 25.0 Å². The highest BCUT2D eigenvalue weighted by Gasteiger charge is 2.25. The first-order valence-corrected chi connectivity index (χ1v) is 10.1. The van der Waals surface area contributed by atoms with Gasteiger partial charge in [0.05, 0.1) is 11.4 Å². The van der Waals surface area contributed by atoms with Gasteiger partial charge in [0.1, 0.15) is 0 Å². The molecule has 2 heterocycles. The fraction of sp³-hybridized carbons (Fsp3) is 0.500. The van der Waals surface area contributed by atoms with Crippen molar-refractivity contribution in [2.45, 2.75) is 57.7 Å². The van der Waals surface area contributed by atoms with Gasteiger partial charge >= 0.3 is 0 Å². The SMILES string of the molecule is CCC1CCCCN1C(=O)CSc1nccn1-c1cccc(C)c1C. The molecule has 25 heavy (non-hydrogen) atoms. The van der Waals surface area contributed by atoms with Crippen molar-refractivity contribution in [3.05, 3.63) is 41.7 Å². The van der Waals surface area contributed by atoms with Crippen LogP contribution in [0.1, 0.15) is 43.7 Å². The van der Waals surface area contributed by atoms with Crippen LogP contribution in [0.25, 0.3) is 5.69 Å². The minimum absolute atomic E-state index is 0.243. The molecule has 2 aromatic rings. The number of amides is 1. The second-order valence-corrected chi connectivity index (χ2v) is 7.68. The predicted molar refractivity (Wildman–Crippen MR) is 103 cm³/mol. The van der Waals surface area contributed by atoms with Gasteiger partial charge < -0.3 is 4.90 Å². The number of benzene rings is 1. The molecule has 134 valence electrons.